The zero-order chi connectivity index (χ0) is 14.0. The molecule has 1 aromatic carbocycles. The lowest BCUT2D eigenvalue weighted by molar-refractivity contribution is -0.120. The molecule has 1 saturated heterocycles. The van der Waals surface area contributed by atoms with Crippen LogP contribution in [-0.4, -0.2) is 40.6 Å². The maximum absolute atomic E-state index is 12.1. The van der Waals surface area contributed by atoms with E-state index in [0.717, 1.165) is 6.54 Å². The molecular formula is C14H21N3O2. The van der Waals surface area contributed by atoms with Crippen LogP contribution in [0.2, 0.25) is 0 Å². The van der Waals surface area contributed by atoms with E-state index >= 15 is 0 Å². The van der Waals surface area contributed by atoms with Crippen molar-refractivity contribution in [3.63, 3.8) is 0 Å². The first-order valence-corrected chi connectivity index (χ1v) is 6.50. The molecule has 104 valence electrons. The molecule has 1 fully saturated rings. The van der Waals surface area contributed by atoms with E-state index in [9.17, 15) is 9.90 Å². The van der Waals surface area contributed by atoms with Gasteiger partial charge in [0.15, 0.2) is 0 Å². The number of β-amino-alcohol motifs (C(OH)–C–C–N with tert-alkyl or cyclic N) is 1. The molecule has 1 amide bonds. The van der Waals surface area contributed by atoms with E-state index in [2.05, 4.69) is 5.32 Å². The van der Waals surface area contributed by atoms with Gasteiger partial charge in [0.2, 0.25) is 5.91 Å². The molecule has 2 unspecified atom stereocenters. The van der Waals surface area contributed by atoms with E-state index < -0.39 is 5.60 Å². The summed E-state index contributed by atoms with van der Waals surface area (Å²) in [4.78, 5) is 14.1. The summed E-state index contributed by atoms with van der Waals surface area (Å²) < 4.78 is 0. The standard InChI is InChI=1S/C14H21N3O2/c1-10(17-7-6-14(2,19)9-17)13(18)16-12-5-3-4-11(15)8-12/h3-5,8,10,19H,6-7,9,15H2,1-2H3,(H,16,18). The van der Waals surface area contributed by atoms with E-state index in [4.69, 9.17) is 5.73 Å². The predicted molar refractivity (Wildman–Crippen MR) is 75.8 cm³/mol. The first-order chi connectivity index (χ1) is 8.87. The minimum atomic E-state index is -0.689. The fraction of sp³-hybridized carbons (Fsp3) is 0.500. The van der Waals surface area contributed by atoms with Crippen LogP contribution in [0.4, 0.5) is 11.4 Å². The molecule has 2 rings (SSSR count). The fourth-order valence-electron chi connectivity index (χ4n) is 2.34. The third-order valence-corrected chi connectivity index (χ3v) is 3.56. The molecule has 5 heteroatoms. The number of nitrogens with one attached hydrogen (secondary N) is 1. The number of anilines is 2. The largest absolute Gasteiger partial charge is 0.399 e. The summed E-state index contributed by atoms with van der Waals surface area (Å²) in [6.07, 6.45) is 0.697. The zero-order valence-electron chi connectivity index (χ0n) is 11.4. The molecule has 0 aromatic heterocycles. The Bertz CT molecular complexity index is 474. The smallest absolute Gasteiger partial charge is 0.241 e. The lowest BCUT2D eigenvalue weighted by Gasteiger charge is -2.24. The Morgan fingerprint density at radius 2 is 2.32 bits per heavy atom. The Morgan fingerprint density at radius 1 is 1.58 bits per heavy atom. The van der Waals surface area contributed by atoms with Crippen LogP contribution >= 0.6 is 0 Å². The molecule has 1 aliphatic rings. The van der Waals surface area contributed by atoms with Crippen molar-refractivity contribution in [1.29, 1.82) is 0 Å². The number of hydrogen-bond donors (Lipinski definition) is 3. The first-order valence-electron chi connectivity index (χ1n) is 6.50. The van der Waals surface area contributed by atoms with Crippen LogP contribution in [0.5, 0.6) is 0 Å². The molecule has 2 atom stereocenters. The summed E-state index contributed by atoms with van der Waals surface area (Å²) in [5, 5.41) is 12.8. The number of amides is 1. The number of likely N-dealkylation sites (tertiary alicyclic amines) is 1. The van der Waals surface area contributed by atoms with Crippen LogP contribution in [0.3, 0.4) is 0 Å². The van der Waals surface area contributed by atoms with E-state index in [-0.39, 0.29) is 11.9 Å². The van der Waals surface area contributed by atoms with Crippen LogP contribution in [0.15, 0.2) is 24.3 Å². The van der Waals surface area contributed by atoms with Crippen LogP contribution in [-0.2, 0) is 4.79 Å². The van der Waals surface area contributed by atoms with Crippen molar-refractivity contribution in [2.45, 2.75) is 31.9 Å². The van der Waals surface area contributed by atoms with Crippen molar-refractivity contribution in [1.82, 2.24) is 4.90 Å². The van der Waals surface area contributed by atoms with Crippen molar-refractivity contribution < 1.29 is 9.90 Å². The topological polar surface area (TPSA) is 78.6 Å². The molecule has 1 heterocycles. The normalized spacial score (nSPS) is 25.2. The maximum atomic E-state index is 12.1. The maximum Gasteiger partial charge on any atom is 0.241 e. The molecule has 1 aromatic rings. The minimum absolute atomic E-state index is 0.0803. The second kappa shape index (κ2) is 5.19. The average Bonchev–Trinajstić information content (AvgIpc) is 2.68. The lowest BCUT2D eigenvalue weighted by atomic mass is 10.1. The third-order valence-electron chi connectivity index (χ3n) is 3.56. The summed E-state index contributed by atoms with van der Waals surface area (Å²) in [6.45, 7) is 4.91. The highest BCUT2D eigenvalue weighted by Gasteiger charge is 2.35. The SMILES string of the molecule is CC(C(=O)Nc1cccc(N)c1)N1CCC(C)(O)C1. The summed E-state index contributed by atoms with van der Waals surface area (Å²) in [5.41, 5.74) is 6.30. The first kappa shape index (κ1) is 13.8. The van der Waals surface area contributed by atoms with Crippen molar-refractivity contribution >= 4 is 17.3 Å². The lowest BCUT2D eigenvalue weighted by Crippen LogP contribution is -2.42. The Hall–Kier alpha value is -1.59. The van der Waals surface area contributed by atoms with Crippen molar-refractivity contribution in [2.75, 3.05) is 24.1 Å². The summed E-state index contributed by atoms with van der Waals surface area (Å²) in [6, 6.07) is 6.84. The number of nitrogen functional groups attached to an aromatic ring is 1. The molecular weight excluding hydrogens is 242 g/mol. The monoisotopic (exact) mass is 263 g/mol. The molecule has 19 heavy (non-hydrogen) atoms. The molecule has 0 radical (unpaired) electrons. The summed E-state index contributed by atoms with van der Waals surface area (Å²) in [7, 11) is 0. The predicted octanol–water partition coefficient (Wildman–Crippen LogP) is 1.05. The molecule has 0 bridgehead atoms. The van der Waals surface area contributed by atoms with Gasteiger partial charge >= 0.3 is 0 Å². The van der Waals surface area contributed by atoms with E-state index in [1.165, 1.54) is 0 Å². The number of benzene rings is 1. The number of carbonyl (C=O) groups excluding carboxylic acids is 1. The van der Waals surface area contributed by atoms with Gasteiger partial charge in [0.05, 0.1) is 11.6 Å². The van der Waals surface area contributed by atoms with Crippen molar-refractivity contribution in [2.24, 2.45) is 0 Å². The Morgan fingerprint density at radius 3 is 2.89 bits per heavy atom. The van der Waals surface area contributed by atoms with Crippen LogP contribution in [0, 0.1) is 0 Å². The van der Waals surface area contributed by atoms with E-state index in [1.54, 1.807) is 31.2 Å². The number of nitrogens with two attached hydrogens (primary N) is 1. The van der Waals surface area contributed by atoms with Gasteiger partial charge < -0.3 is 16.2 Å². The molecule has 0 saturated carbocycles. The highest BCUT2D eigenvalue weighted by atomic mass is 16.3. The second-order valence-electron chi connectivity index (χ2n) is 5.51. The van der Waals surface area contributed by atoms with Crippen molar-refractivity contribution in [3.05, 3.63) is 24.3 Å². The molecule has 0 spiro atoms. The number of rotatable bonds is 3. The average molecular weight is 263 g/mol. The minimum Gasteiger partial charge on any atom is -0.399 e. The molecule has 1 aliphatic heterocycles. The van der Waals surface area contributed by atoms with Gasteiger partial charge in [-0.15, -0.1) is 0 Å². The molecule has 4 N–H and O–H groups in total. The van der Waals surface area contributed by atoms with Gasteiger partial charge in [0.1, 0.15) is 0 Å². The van der Waals surface area contributed by atoms with Gasteiger partial charge in [-0.1, -0.05) is 6.07 Å². The van der Waals surface area contributed by atoms with E-state index in [1.807, 2.05) is 11.8 Å². The van der Waals surface area contributed by atoms with Gasteiger partial charge in [-0.05, 0) is 38.5 Å². The highest BCUT2D eigenvalue weighted by Crippen LogP contribution is 2.22. The van der Waals surface area contributed by atoms with Gasteiger partial charge in [0.25, 0.3) is 0 Å². The number of hydrogen-bond acceptors (Lipinski definition) is 4. The number of nitrogens with zero attached hydrogens (tertiary/aromatic N) is 1. The molecule has 0 aliphatic carbocycles. The Kier molecular flexibility index (Phi) is 3.78. The highest BCUT2D eigenvalue weighted by molar-refractivity contribution is 5.94. The van der Waals surface area contributed by atoms with E-state index in [0.29, 0.717) is 24.3 Å². The third kappa shape index (κ3) is 3.45. The Labute approximate surface area is 113 Å². The van der Waals surface area contributed by atoms with Crippen LogP contribution < -0.4 is 11.1 Å². The zero-order valence-corrected chi connectivity index (χ0v) is 11.4. The van der Waals surface area contributed by atoms with Gasteiger partial charge in [0, 0.05) is 24.5 Å². The quantitative estimate of drug-likeness (QED) is 0.712. The number of carbonyl (C=O) groups is 1. The van der Waals surface area contributed by atoms with Crippen LogP contribution in [0.1, 0.15) is 20.3 Å². The summed E-state index contributed by atoms with van der Waals surface area (Å²) >= 11 is 0. The second-order valence-corrected chi connectivity index (χ2v) is 5.51. The fourth-order valence-corrected chi connectivity index (χ4v) is 2.34. The van der Waals surface area contributed by atoms with Gasteiger partial charge in [-0.3, -0.25) is 9.69 Å². The Balaban J connectivity index is 1.97. The summed E-state index contributed by atoms with van der Waals surface area (Å²) in [5.74, 6) is -0.0803. The van der Waals surface area contributed by atoms with Crippen molar-refractivity contribution in [3.8, 4) is 0 Å². The number of aliphatic hydroxyl groups is 1. The molecule has 5 nitrogen and oxygen atoms in total. The van der Waals surface area contributed by atoms with Crippen LogP contribution in [0.25, 0.3) is 0 Å². The van der Waals surface area contributed by atoms with Gasteiger partial charge in [-0.2, -0.15) is 0 Å². The van der Waals surface area contributed by atoms with Gasteiger partial charge in [-0.25, -0.2) is 0 Å².